The standard InChI is InChI=1S/C58H38N3O2P/c62-64(44-18-6-2-7-19-44,45-20-8-3-9-21-45)46-35-32-42(33-36-46)56-59-55(41-30-28-40(29-31-41)39-16-4-1-5-17-39)60-57(61-56)43-34-37-48-47-22-10-11-23-49(47)58(52(48)38-43)50-24-12-14-26-53(50)63-54-27-15-13-25-51(54)58/h1-38H. The summed E-state index contributed by atoms with van der Waals surface area (Å²) in [6.07, 6.45) is 0. The molecule has 1 aliphatic carbocycles. The fraction of sp³-hybridized carbons (Fsp3) is 0.0172. The molecule has 10 aromatic rings. The molecule has 2 aliphatic rings. The zero-order valence-corrected chi connectivity index (χ0v) is 35.4. The average molecular weight is 840 g/mol. The van der Waals surface area contributed by atoms with Gasteiger partial charge in [0.15, 0.2) is 24.6 Å². The monoisotopic (exact) mass is 839 g/mol. The lowest BCUT2D eigenvalue weighted by atomic mass is 9.66. The molecule has 0 amide bonds. The molecule has 0 bridgehead atoms. The van der Waals surface area contributed by atoms with Crippen LogP contribution >= 0.6 is 7.14 Å². The minimum atomic E-state index is -3.19. The van der Waals surface area contributed by atoms with Gasteiger partial charge in [-0.15, -0.1) is 0 Å². The summed E-state index contributed by atoms with van der Waals surface area (Å²) in [4.78, 5) is 15.6. The SMILES string of the molecule is O=P(c1ccccc1)(c1ccccc1)c1ccc(-c2nc(-c3ccc(-c4ccccc4)cc3)nc(-c3ccc4c(c3)C3(c5ccccc5Oc5ccccc53)c3ccccc3-4)n2)cc1. The Hall–Kier alpha value is -7.98. The van der Waals surface area contributed by atoms with Crippen molar-refractivity contribution in [2.75, 3.05) is 0 Å². The molecule has 5 nitrogen and oxygen atoms in total. The first-order valence-electron chi connectivity index (χ1n) is 21.4. The van der Waals surface area contributed by atoms with Crippen LogP contribution in [0.3, 0.4) is 0 Å². The normalized spacial score (nSPS) is 13.0. The maximum Gasteiger partial charge on any atom is 0.171 e. The molecular weight excluding hydrogens is 802 g/mol. The summed E-state index contributed by atoms with van der Waals surface area (Å²) in [7, 11) is -3.19. The van der Waals surface area contributed by atoms with Crippen LogP contribution in [-0.2, 0) is 9.98 Å². The van der Waals surface area contributed by atoms with Gasteiger partial charge in [0.2, 0.25) is 0 Å². The fourth-order valence-electron chi connectivity index (χ4n) is 9.74. The number of hydrogen-bond donors (Lipinski definition) is 0. The molecule has 0 radical (unpaired) electrons. The van der Waals surface area contributed by atoms with E-state index < -0.39 is 12.6 Å². The maximum absolute atomic E-state index is 15.3. The van der Waals surface area contributed by atoms with Crippen LogP contribution in [0.25, 0.3) is 56.4 Å². The quantitative estimate of drug-likeness (QED) is 0.150. The van der Waals surface area contributed by atoms with Gasteiger partial charge in [0.25, 0.3) is 0 Å². The third-order valence-electron chi connectivity index (χ3n) is 12.7. The van der Waals surface area contributed by atoms with E-state index in [1.54, 1.807) is 0 Å². The summed E-state index contributed by atoms with van der Waals surface area (Å²) < 4.78 is 21.9. The summed E-state index contributed by atoms with van der Waals surface area (Å²) in [5.74, 6) is 3.31. The molecule has 1 aromatic heterocycles. The first kappa shape index (κ1) is 37.8. The molecule has 1 aliphatic heterocycles. The van der Waals surface area contributed by atoms with Crippen LogP contribution in [0.4, 0.5) is 0 Å². The molecule has 0 N–H and O–H groups in total. The van der Waals surface area contributed by atoms with Gasteiger partial charge >= 0.3 is 0 Å². The molecule has 64 heavy (non-hydrogen) atoms. The van der Waals surface area contributed by atoms with E-state index in [9.17, 15) is 0 Å². The lowest BCUT2D eigenvalue weighted by Crippen LogP contribution is -2.32. The summed E-state index contributed by atoms with van der Waals surface area (Å²) in [6.45, 7) is 0. The van der Waals surface area contributed by atoms with Crippen molar-refractivity contribution in [3.63, 3.8) is 0 Å². The highest BCUT2D eigenvalue weighted by molar-refractivity contribution is 7.85. The second-order valence-electron chi connectivity index (χ2n) is 16.2. The van der Waals surface area contributed by atoms with E-state index >= 15 is 4.57 Å². The number of ether oxygens (including phenoxy) is 1. The van der Waals surface area contributed by atoms with Crippen LogP contribution in [0.15, 0.2) is 231 Å². The van der Waals surface area contributed by atoms with E-state index in [2.05, 4.69) is 127 Å². The van der Waals surface area contributed by atoms with Gasteiger partial charge in [-0.05, 0) is 51.6 Å². The van der Waals surface area contributed by atoms with Crippen LogP contribution in [0.5, 0.6) is 11.5 Å². The molecule has 0 unspecified atom stereocenters. The lowest BCUT2D eigenvalue weighted by Gasteiger charge is -2.39. The van der Waals surface area contributed by atoms with Gasteiger partial charge in [0, 0.05) is 43.7 Å². The Bertz CT molecular complexity index is 3340. The number of rotatable bonds is 7. The molecular formula is C58H38N3O2P. The van der Waals surface area contributed by atoms with Crippen LogP contribution < -0.4 is 20.7 Å². The Balaban J connectivity index is 1.04. The van der Waals surface area contributed by atoms with Gasteiger partial charge in [-0.3, -0.25) is 0 Å². The Morgan fingerprint density at radius 1 is 0.328 bits per heavy atom. The summed E-state index contributed by atoms with van der Waals surface area (Å²) >= 11 is 0. The lowest BCUT2D eigenvalue weighted by molar-refractivity contribution is 0.436. The molecule has 2 heterocycles. The van der Waals surface area contributed by atoms with Crippen molar-refractivity contribution < 1.29 is 9.30 Å². The van der Waals surface area contributed by atoms with Crippen molar-refractivity contribution in [2.45, 2.75) is 5.41 Å². The molecule has 0 saturated carbocycles. The molecule has 6 heteroatoms. The van der Waals surface area contributed by atoms with E-state index in [0.717, 1.165) is 77.5 Å². The summed E-state index contributed by atoms with van der Waals surface area (Å²) in [5.41, 5.74) is 11.0. The summed E-state index contributed by atoms with van der Waals surface area (Å²) in [6, 6.07) is 78.2. The molecule has 12 rings (SSSR count). The van der Waals surface area contributed by atoms with Crippen molar-refractivity contribution in [1.82, 2.24) is 15.0 Å². The number of benzene rings is 9. The molecule has 0 saturated heterocycles. The van der Waals surface area contributed by atoms with Gasteiger partial charge in [-0.25, -0.2) is 15.0 Å². The van der Waals surface area contributed by atoms with E-state index in [0.29, 0.717) is 17.5 Å². The highest BCUT2D eigenvalue weighted by Gasteiger charge is 2.51. The zero-order chi connectivity index (χ0) is 42.7. The Labute approximate surface area is 371 Å². The molecule has 0 atom stereocenters. The third kappa shape index (κ3) is 5.93. The van der Waals surface area contributed by atoms with Gasteiger partial charge in [0.05, 0.1) is 5.41 Å². The number of hydrogen-bond acceptors (Lipinski definition) is 5. The number of para-hydroxylation sites is 2. The van der Waals surface area contributed by atoms with E-state index in [-0.39, 0.29) is 0 Å². The minimum absolute atomic E-state index is 0.521. The van der Waals surface area contributed by atoms with Crippen LogP contribution in [-0.4, -0.2) is 15.0 Å². The predicted octanol–water partition coefficient (Wildman–Crippen LogP) is 12.6. The molecule has 0 fully saturated rings. The van der Waals surface area contributed by atoms with E-state index in [1.165, 1.54) is 11.1 Å². The van der Waals surface area contributed by atoms with Gasteiger partial charge < -0.3 is 9.30 Å². The number of fused-ring (bicyclic) bond motifs is 9. The number of aromatic nitrogens is 3. The predicted molar refractivity (Wildman–Crippen MR) is 258 cm³/mol. The van der Waals surface area contributed by atoms with Gasteiger partial charge in [-0.1, -0.05) is 212 Å². The minimum Gasteiger partial charge on any atom is -0.457 e. The molecule has 9 aromatic carbocycles. The Kier molecular flexibility index (Phi) is 8.92. The van der Waals surface area contributed by atoms with Crippen molar-refractivity contribution in [3.8, 4) is 67.9 Å². The fourth-order valence-corrected chi connectivity index (χ4v) is 12.4. The second kappa shape index (κ2) is 15.1. The first-order chi connectivity index (χ1) is 31.6. The van der Waals surface area contributed by atoms with E-state index in [4.69, 9.17) is 19.7 Å². The van der Waals surface area contributed by atoms with Crippen LogP contribution in [0.1, 0.15) is 22.3 Å². The topological polar surface area (TPSA) is 65.0 Å². The largest absolute Gasteiger partial charge is 0.457 e. The van der Waals surface area contributed by atoms with Crippen LogP contribution in [0, 0.1) is 0 Å². The van der Waals surface area contributed by atoms with Crippen molar-refractivity contribution >= 4 is 23.1 Å². The van der Waals surface area contributed by atoms with Crippen molar-refractivity contribution in [1.29, 1.82) is 0 Å². The Morgan fingerprint density at radius 2 is 0.719 bits per heavy atom. The summed E-state index contributed by atoms with van der Waals surface area (Å²) in [5, 5.41) is 2.30. The van der Waals surface area contributed by atoms with E-state index in [1.807, 2.05) is 103 Å². The Morgan fingerprint density at radius 3 is 1.30 bits per heavy atom. The smallest absolute Gasteiger partial charge is 0.171 e. The average Bonchev–Trinajstić information content (AvgIpc) is 3.66. The first-order valence-corrected chi connectivity index (χ1v) is 23.2. The van der Waals surface area contributed by atoms with Gasteiger partial charge in [0.1, 0.15) is 11.5 Å². The van der Waals surface area contributed by atoms with Crippen LogP contribution in [0.2, 0.25) is 0 Å². The second-order valence-corrected chi connectivity index (χ2v) is 19.0. The highest BCUT2D eigenvalue weighted by Crippen LogP contribution is 2.62. The maximum atomic E-state index is 15.3. The molecule has 302 valence electrons. The third-order valence-corrected chi connectivity index (χ3v) is 15.8. The van der Waals surface area contributed by atoms with Crippen molar-refractivity contribution in [2.24, 2.45) is 0 Å². The highest BCUT2D eigenvalue weighted by atomic mass is 31.2. The van der Waals surface area contributed by atoms with Crippen molar-refractivity contribution in [3.05, 3.63) is 253 Å². The zero-order valence-electron chi connectivity index (χ0n) is 34.5. The van der Waals surface area contributed by atoms with Gasteiger partial charge in [-0.2, -0.15) is 0 Å². The number of nitrogens with zero attached hydrogens (tertiary/aromatic N) is 3. The molecule has 1 spiro atoms.